The summed E-state index contributed by atoms with van der Waals surface area (Å²) in [6, 6.07) is 18.8. The minimum atomic E-state index is -0.526. The van der Waals surface area contributed by atoms with E-state index in [1.54, 1.807) is 38.1 Å². The third-order valence-electron chi connectivity index (χ3n) is 4.87. The minimum Gasteiger partial charge on any atom is -0.490 e. The lowest BCUT2D eigenvalue weighted by Gasteiger charge is -2.12. The van der Waals surface area contributed by atoms with E-state index in [9.17, 15) is 9.59 Å². The van der Waals surface area contributed by atoms with Crippen LogP contribution in [0.4, 0.5) is 0 Å². The smallest absolute Gasteiger partial charge is 0.363 e. The Morgan fingerprint density at radius 3 is 2.56 bits per heavy atom. The van der Waals surface area contributed by atoms with E-state index in [0.29, 0.717) is 23.7 Å². The highest BCUT2D eigenvalue weighted by Crippen LogP contribution is 2.31. The Labute approximate surface area is 186 Å². The van der Waals surface area contributed by atoms with Crippen LogP contribution in [0.15, 0.2) is 71.4 Å². The van der Waals surface area contributed by atoms with E-state index in [2.05, 4.69) is 4.99 Å². The van der Waals surface area contributed by atoms with Gasteiger partial charge in [-0.1, -0.05) is 50.2 Å². The first kappa shape index (κ1) is 21.3. The second kappa shape index (κ2) is 9.06. The summed E-state index contributed by atoms with van der Waals surface area (Å²) in [5, 5.41) is 2.13. The number of fused-ring (bicyclic) bond motifs is 1. The molecule has 0 atom stereocenters. The van der Waals surface area contributed by atoms with Crippen LogP contribution in [-0.4, -0.2) is 24.4 Å². The number of hydrogen-bond acceptors (Lipinski definition) is 6. The number of cyclic esters (lactones) is 1. The molecular formula is C26H23NO5. The van der Waals surface area contributed by atoms with Gasteiger partial charge in [0, 0.05) is 5.56 Å². The van der Waals surface area contributed by atoms with Gasteiger partial charge >= 0.3 is 11.9 Å². The quantitative estimate of drug-likeness (QED) is 0.308. The van der Waals surface area contributed by atoms with Crippen molar-refractivity contribution in [3.63, 3.8) is 0 Å². The van der Waals surface area contributed by atoms with E-state index in [4.69, 9.17) is 14.2 Å². The number of carbonyl (C=O) groups excluding carboxylic acids is 2. The third-order valence-corrected chi connectivity index (χ3v) is 4.87. The van der Waals surface area contributed by atoms with Crippen molar-refractivity contribution >= 4 is 34.7 Å². The number of nitrogens with zero attached hydrogens (tertiary/aromatic N) is 1. The molecule has 0 radical (unpaired) electrons. The van der Waals surface area contributed by atoms with Crippen molar-refractivity contribution < 1.29 is 23.8 Å². The number of rotatable bonds is 6. The van der Waals surface area contributed by atoms with Gasteiger partial charge in [0.15, 0.2) is 17.2 Å². The summed E-state index contributed by atoms with van der Waals surface area (Å²) in [7, 11) is 0. The summed E-state index contributed by atoms with van der Waals surface area (Å²) in [6.07, 6.45) is 1.62. The van der Waals surface area contributed by atoms with Crippen molar-refractivity contribution in [3.05, 3.63) is 77.5 Å². The second-order valence-electron chi connectivity index (χ2n) is 7.61. The SMILES string of the molecule is CCOc1cc(/C=C2/N=C(c3ccc4ccccc4c3)OC2=O)ccc1OC(=O)C(C)C. The number of carbonyl (C=O) groups is 2. The molecule has 32 heavy (non-hydrogen) atoms. The van der Waals surface area contributed by atoms with Gasteiger partial charge in [-0.25, -0.2) is 9.79 Å². The summed E-state index contributed by atoms with van der Waals surface area (Å²) < 4.78 is 16.4. The maximum absolute atomic E-state index is 12.4. The van der Waals surface area contributed by atoms with Crippen molar-refractivity contribution in [2.45, 2.75) is 20.8 Å². The van der Waals surface area contributed by atoms with Crippen molar-refractivity contribution in [3.8, 4) is 11.5 Å². The van der Waals surface area contributed by atoms with E-state index in [1.807, 2.05) is 49.4 Å². The number of ether oxygens (including phenoxy) is 3. The van der Waals surface area contributed by atoms with Crippen LogP contribution < -0.4 is 9.47 Å². The standard InChI is InChI=1S/C26H23NO5/c1-4-30-23-14-17(9-12-22(23)31-25(28)16(2)3)13-21-26(29)32-24(27-21)20-11-10-18-7-5-6-8-19(18)15-20/h5-16H,4H2,1-3H3/b21-13+. The maximum atomic E-state index is 12.4. The van der Waals surface area contributed by atoms with Crippen molar-refractivity contribution in [2.24, 2.45) is 10.9 Å². The molecule has 0 saturated heterocycles. The lowest BCUT2D eigenvalue weighted by Crippen LogP contribution is -2.15. The zero-order chi connectivity index (χ0) is 22.7. The minimum absolute atomic E-state index is 0.183. The first-order valence-electron chi connectivity index (χ1n) is 10.4. The summed E-state index contributed by atoms with van der Waals surface area (Å²) in [4.78, 5) is 28.8. The van der Waals surface area contributed by atoms with E-state index in [0.717, 1.165) is 16.3 Å². The average Bonchev–Trinajstić information content (AvgIpc) is 3.15. The zero-order valence-corrected chi connectivity index (χ0v) is 18.1. The molecule has 0 aliphatic carbocycles. The van der Waals surface area contributed by atoms with Crippen LogP contribution in [0.5, 0.6) is 11.5 Å². The first-order chi connectivity index (χ1) is 15.4. The largest absolute Gasteiger partial charge is 0.490 e. The molecule has 3 aromatic rings. The molecule has 3 aromatic carbocycles. The van der Waals surface area contributed by atoms with Crippen LogP contribution in [0.2, 0.25) is 0 Å². The van der Waals surface area contributed by atoms with Gasteiger partial charge in [-0.05, 0) is 53.6 Å². The molecule has 0 spiro atoms. The Bertz CT molecular complexity index is 1260. The Kier molecular flexibility index (Phi) is 6.03. The lowest BCUT2D eigenvalue weighted by molar-refractivity contribution is -0.138. The summed E-state index contributed by atoms with van der Waals surface area (Å²) in [5.74, 6) is -0.118. The molecule has 0 aromatic heterocycles. The van der Waals surface area contributed by atoms with E-state index in [-0.39, 0.29) is 23.5 Å². The molecular weight excluding hydrogens is 406 g/mol. The topological polar surface area (TPSA) is 74.2 Å². The summed E-state index contributed by atoms with van der Waals surface area (Å²) in [6.45, 7) is 5.77. The fraction of sp³-hybridized carbons (Fsp3) is 0.192. The Morgan fingerprint density at radius 1 is 1.03 bits per heavy atom. The number of benzene rings is 3. The molecule has 1 heterocycles. The highest BCUT2D eigenvalue weighted by atomic mass is 16.6. The van der Waals surface area contributed by atoms with E-state index >= 15 is 0 Å². The monoisotopic (exact) mass is 429 g/mol. The van der Waals surface area contributed by atoms with E-state index in [1.165, 1.54) is 0 Å². The molecule has 0 saturated carbocycles. The molecule has 4 rings (SSSR count). The molecule has 6 nitrogen and oxygen atoms in total. The summed E-state index contributed by atoms with van der Waals surface area (Å²) >= 11 is 0. The Morgan fingerprint density at radius 2 is 1.81 bits per heavy atom. The van der Waals surface area contributed by atoms with Crippen LogP contribution >= 0.6 is 0 Å². The normalized spacial score (nSPS) is 14.6. The van der Waals surface area contributed by atoms with Gasteiger partial charge in [0.25, 0.3) is 0 Å². The molecule has 1 aliphatic rings. The van der Waals surface area contributed by atoms with Gasteiger partial charge in [0.05, 0.1) is 12.5 Å². The predicted molar refractivity (Wildman–Crippen MR) is 123 cm³/mol. The predicted octanol–water partition coefficient (Wildman–Crippen LogP) is 5.14. The highest BCUT2D eigenvalue weighted by molar-refractivity contribution is 6.13. The highest BCUT2D eigenvalue weighted by Gasteiger charge is 2.24. The van der Waals surface area contributed by atoms with Crippen molar-refractivity contribution in [2.75, 3.05) is 6.61 Å². The van der Waals surface area contributed by atoms with Gasteiger partial charge in [-0.2, -0.15) is 0 Å². The molecule has 162 valence electrons. The van der Waals surface area contributed by atoms with Crippen molar-refractivity contribution in [1.82, 2.24) is 0 Å². The van der Waals surface area contributed by atoms with Gasteiger partial charge < -0.3 is 14.2 Å². The number of esters is 2. The zero-order valence-electron chi connectivity index (χ0n) is 18.1. The van der Waals surface area contributed by atoms with Crippen LogP contribution in [0.1, 0.15) is 31.9 Å². The van der Waals surface area contributed by atoms with Gasteiger partial charge in [-0.15, -0.1) is 0 Å². The molecule has 0 N–H and O–H groups in total. The molecule has 0 unspecified atom stereocenters. The number of hydrogen-bond donors (Lipinski definition) is 0. The van der Waals surface area contributed by atoms with Crippen LogP contribution in [0, 0.1) is 5.92 Å². The molecule has 0 bridgehead atoms. The maximum Gasteiger partial charge on any atom is 0.363 e. The fourth-order valence-corrected chi connectivity index (χ4v) is 3.21. The summed E-state index contributed by atoms with van der Waals surface area (Å²) in [5.41, 5.74) is 1.59. The molecule has 0 fully saturated rings. The first-order valence-corrected chi connectivity index (χ1v) is 10.4. The van der Waals surface area contributed by atoms with Gasteiger partial charge in [-0.3, -0.25) is 4.79 Å². The van der Waals surface area contributed by atoms with Gasteiger partial charge in [0.1, 0.15) is 0 Å². The van der Waals surface area contributed by atoms with Gasteiger partial charge in [0.2, 0.25) is 5.90 Å². The molecule has 0 amide bonds. The fourth-order valence-electron chi connectivity index (χ4n) is 3.21. The van der Waals surface area contributed by atoms with Crippen LogP contribution in [0.3, 0.4) is 0 Å². The van der Waals surface area contributed by atoms with Crippen LogP contribution in [-0.2, 0) is 14.3 Å². The van der Waals surface area contributed by atoms with Crippen LogP contribution in [0.25, 0.3) is 16.8 Å². The Hall–Kier alpha value is -3.93. The lowest BCUT2D eigenvalue weighted by atomic mass is 10.1. The van der Waals surface area contributed by atoms with Crippen molar-refractivity contribution in [1.29, 1.82) is 0 Å². The molecule has 6 heteroatoms. The second-order valence-corrected chi connectivity index (χ2v) is 7.61. The Balaban J connectivity index is 1.63. The molecule has 1 aliphatic heterocycles. The van der Waals surface area contributed by atoms with E-state index < -0.39 is 5.97 Å². The number of aliphatic imine (C=N–C) groups is 1. The average molecular weight is 429 g/mol. The third kappa shape index (κ3) is 4.54.